The predicted octanol–water partition coefficient (Wildman–Crippen LogP) is 4.79. The zero-order valence-electron chi connectivity index (χ0n) is 18.4. The summed E-state index contributed by atoms with van der Waals surface area (Å²) in [7, 11) is 1.68. The minimum atomic E-state index is -0.178. The number of pyridine rings is 1. The number of fused-ring (bicyclic) bond motifs is 1. The lowest BCUT2D eigenvalue weighted by molar-refractivity contribution is 0.174. The van der Waals surface area contributed by atoms with Crippen LogP contribution in [0.3, 0.4) is 0 Å². The molecule has 2 aliphatic rings. The molecule has 0 radical (unpaired) electrons. The highest BCUT2D eigenvalue weighted by molar-refractivity contribution is 7.80. The molecule has 2 aromatic carbocycles. The van der Waals surface area contributed by atoms with Crippen LogP contribution in [0.25, 0.3) is 5.69 Å². The number of benzene rings is 2. The fraction of sp³-hybridized carbons (Fsp3) is 0.154. The molecule has 2 aliphatic heterocycles. The van der Waals surface area contributed by atoms with Gasteiger partial charge in [0, 0.05) is 29.8 Å². The van der Waals surface area contributed by atoms with Gasteiger partial charge in [-0.1, -0.05) is 18.2 Å². The number of anilines is 1. The van der Waals surface area contributed by atoms with Crippen LogP contribution in [-0.2, 0) is 0 Å². The van der Waals surface area contributed by atoms with E-state index in [4.69, 9.17) is 26.4 Å². The summed E-state index contributed by atoms with van der Waals surface area (Å²) in [6.45, 7) is 0.220. The molecule has 34 heavy (non-hydrogen) atoms. The van der Waals surface area contributed by atoms with E-state index >= 15 is 0 Å². The highest BCUT2D eigenvalue weighted by Crippen LogP contribution is 2.45. The molecule has 0 aliphatic carbocycles. The molecule has 4 heterocycles. The highest BCUT2D eigenvalue weighted by atomic mass is 32.1. The van der Waals surface area contributed by atoms with Crippen LogP contribution < -0.4 is 24.4 Å². The fourth-order valence-electron chi connectivity index (χ4n) is 4.65. The number of para-hydroxylation sites is 2. The molecule has 1 N–H and O–H groups in total. The second kappa shape index (κ2) is 8.39. The van der Waals surface area contributed by atoms with Gasteiger partial charge in [-0.15, -0.1) is 0 Å². The van der Waals surface area contributed by atoms with Crippen LogP contribution in [0.5, 0.6) is 17.2 Å². The molecule has 2 atom stereocenters. The van der Waals surface area contributed by atoms with Crippen molar-refractivity contribution in [3.63, 3.8) is 0 Å². The van der Waals surface area contributed by atoms with Crippen molar-refractivity contribution < 1.29 is 14.2 Å². The molecule has 2 aromatic heterocycles. The second-order valence-electron chi connectivity index (χ2n) is 8.01. The van der Waals surface area contributed by atoms with Crippen molar-refractivity contribution in [2.24, 2.45) is 0 Å². The number of nitrogens with one attached hydrogen (secondary N) is 1. The summed E-state index contributed by atoms with van der Waals surface area (Å²) < 4.78 is 19.0. The first kappa shape index (κ1) is 20.6. The van der Waals surface area contributed by atoms with Gasteiger partial charge in [0.15, 0.2) is 16.6 Å². The Labute approximate surface area is 202 Å². The number of ether oxygens (including phenoxy) is 3. The van der Waals surface area contributed by atoms with E-state index in [9.17, 15) is 0 Å². The molecule has 0 unspecified atom stereocenters. The van der Waals surface area contributed by atoms with Crippen molar-refractivity contribution in [1.82, 2.24) is 14.9 Å². The van der Waals surface area contributed by atoms with Crippen LogP contribution in [0.2, 0.25) is 0 Å². The topological polar surface area (TPSA) is 60.8 Å². The van der Waals surface area contributed by atoms with E-state index in [0.29, 0.717) is 10.9 Å². The van der Waals surface area contributed by atoms with Crippen molar-refractivity contribution in [2.75, 3.05) is 18.8 Å². The van der Waals surface area contributed by atoms with Gasteiger partial charge in [-0.2, -0.15) is 0 Å². The highest BCUT2D eigenvalue weighted by Gasteiger charge is 2.42. The largest absolute Gasteiger partial charge is 0.495 e. The summed E-state index contributed by atoms with van der Waals surface area (Å²) in [6.07, 6.45) is 3.85. The van der Waals surface area contributed by atoms with Crippen molar-refractivity contribution in [2.45, 2.75) is 12.1 Å². The monoisotopic (exact) mass is 470 g/mol. The first-order chi connectivity index (χ1) is 16.7. The molecule has 0 spiro atoms. The predicted molar refractivity (Wildman–Crippen MR) is 133 cm³/mol. The quantitative estimate of drug-likeness (QED) is 0.421. The fourth-order valence-corrected chi connectivity index (χ4v) is 5.00. The van der Waals surface area contributed by atoms with Crippen LogP contribution in [0.15, 0.2) is 85.2 Å². The third kappa shape index (κ3) is 3.34. The molecular formula is C26H22N4O3S. The van der Waals surface area contributed by atoms with Gasteiger partial charge >= 0.3 is 0 Å². The maximum atomic E-state index is 5.87. The van der Waals surface area contributed by atoms with E-state index in [1.165, 1.54) is 0 Å². The van der Waals surface area contributed by atoms with E-state index in [-0.39, 0.29) is 18.9 Å². The number of hydrogen-bond donors (Lipinski definition) is 1. The maximum Gasteiger partial charge on any atom is 0.231 e. The van der Waals surface area contributed by atoms with Crippen molar-refractivity contribution in [3.8, 4) is 22.9 Å². The smallest absolute Gasteiger partial charge is 0.231 e. The van der Waals surface area contributed by atoms with E-state index in [2.05, 4.69) is 25.8 Å². The van der Waals surface area contributed by atoms with Crippen LogP contribution in [0.1, 0.15) is 23.5 Å². The summed E-state index contributed by atoms with van der Waals surface area (Å²) in [5.41, 5.74) is 3.82. The average Bonchev–Trinajstić information content (AvgIpc) is 3.62. The summed E-state index contributed by atoms with van der Waals surface area (Å²) in [5.74, 6) is 2.23. The Hall–Kier alpha value is -4.04. The normalized spacial score (nSPS) is 18.7. The lowest BCUT2D eigenvalue weighted by atomic mass is 10.0. The Bertz CT molecular complexity index is 1360. The molecule has 0 bridgehead atoms. The molecule has 4 aromatic rings. The summed E-state index contributed by atoms with van der Waals surface area (Å²) in [4.78, 5) is 6.77. The molecule has 170 valence electrons. The Morgan fingerprint density at radius 2 is 1.85 bits per heavy atom. The standard InChI is InChI=1S/C26H22N4O3S/c1-31-21-10-3-2-8-19(21)29-14-6-9-20(29)25-24(18-7-4-5-13-27-18)28-26(34)30(25)17-11-12-22-23(15-17)33-16-32-22/h2-15,24-25H,16H2,1H3,(H,28,34)/t24-,25-/m1/s1. The van der Waals surface area contributed by atoms with Crippen molar-refractivity contribution >= 4 is 23.0 Å². The number of hydrogen-bond acceptors (Lipinski definition) is 5. The third-order valence-electron chi connectivity index (χ3n) is 6.16. The first-order valence-electron chi connectivity index (χ1n) is 11.0. The Morgan fingerprint density at radius 3 is 2.71 bits per heavy atom. The lowest BCUT2D eigenvalue weighted by Crippen LogP contribution is -2.30. The van der Waals surface area contributed by atoms with Crippen LogP contribution in [0.4, 0.5) is 5.69 Å². The molecule has 8 heteroatoms. The summed E-state index contributed by atoms with van der Waals surface area (Å²) in [5, 5.41) is 4.13. The average molecular weight is 471 g/mol. The number of methoxy groups -OCH3 is 1. The Balaban J connectivity index is 1.52. The SMILES string of the molecule is COc1ccccc1-n1cccc1[C@@H]1[C@@H](c2ccccn2)NC(=S)N1c1ccc2c(c1)OCO2. The second-order valence-corrected chi connectivity index (χ2v) is 8.40. The van der Waals surface area contributed by atoms with E-state index in [1.807, 2.05) is 72.9 Å². The molecule has 0 saturated carbocycles. The van der Waals surface area contributed by atoms with Gasteiger partial charge in [-0.05, 0) is 60.7 Å². The van der Waals surface area contributed by atoms with Gasteiger partial charge in [-0.25, -0.2) is 0 Å². The third-order valence-corrected chi connectivity index (χ3v) is 6.48. The molecule has 0 amide bonds. The zero-order valence-corrected chi connectivity index (χ0v) is 19.2. The molecule has 7 nitrogen and oxygen atoms in total. The number of aromatic nitrogens is 2. The first-order valence-corrected chi connectivity index (χ1v) is 11.4. The summed E-state index contributed by atoms with van der Waals surface area (Å²) >= 11 is 5.87. The number of nitrogens with zero attached hydrogens (tertiary/aromatic N) is 3. The van der Waals surface area contributed by atoms with E-state index < -0.39 is 0 Å². The van der Waals surface area contributed by atoms with Gasteiger partial charge in [0.25, 0.3) is 0 Å². The molecule has 1 fully saturated rings. The number of thiocarbonyl (C=S) groups is 1. The zero-order chi connectivity index (χ0) is 23.1. The Morgan fingerprint density at radius 1 is 1.00 bits per heavy atom. The van der Waals surface area contributed by atoms with Gasteiger partial charge in [0.2, 0.25) is 6.79 Å². The molecule has 6 rings (SSSR count). The van der Waals surface area contributed by atoms with Crippen LogP contribution in [-0.4, -0.2) is 28.6 Å². The van der Waals surface area contributed by atoms with Crippen LogP contribution >= 0.6 is 12.2 Å². The van der Waals surface area contributed by atoms with Gasteiger partial charge in [0.1, 0.15) is 11.8 Å². The van der Waals surface area contributed by atoms with Crippen molar-refractivity contribution in [3.05, 3.63) is 96.6 Å². The Kier molecular flexibility index (Phi) is 5.07. The van der Waals surface area contributed by atoms with Gasteiger partial charge < -0.3 is 29.0 Å². The minimum Gasteiger partial charge on any atom is -0.495 e. The minimum absolute atomic E-state index is 0.164. The van der Waals surface area contributed by atoms with E-state index in [0.717, 1.165) is 34.3 Å². The lowest BCUT2D eigenvalue weighted by Gasteiger charge is -2.29. The van der Waals surface area contributed by atoms with Gasteiger partial charge in [0.05, 0.1) is 24.5 Å². The number of rotatable bonds is 5. The maximum absolute atomic E-state index is 5.87. The molecule has 1 saturated heterocycles. The van der Waals surface area contributed by atoms with Crippen LogP contribution in [0, 0.1) is 0 Å². The summed E-state index contributed by atoms with van der Waals surface area (Å²) in [6, 6.07) is 23.6. The van der Waals surface area contributed by atoms with Crippen molar-refractivity contribution in [1.29, 1.82) is 0 Å². The molecular weight excluding hydrogens is 448 g/mol. The van der Waals surface area contributed by atoms with Gasteiger partial charge in [-0.3, -0.25) is 4.98 Å². The van der Waals surface area contributed by atoms with E-state index in [1.54, 1.807) is 13.3 Å².